The van der Waals surface area contributed by atoms with E-state index in [-0.39, 0.29) is 0 Å². The van der Waals surface area contributed by atoms with Crippen LogP contribution in [0.25, 0.3) is 0 Å². The molecule has 0 amide bonds. The number of methoxy groups -OCH3 is 2. The summed E-state index contributed by atoms with van der Waals surface area (Å²) in [6.45, 7) is 7.81. The molecule has 0 spiro atoms. The molecule has 0 radical (unpaired) electrons. The minimum Gasteiger partial charge on any atom is -0.491 e. The van der Waals surface area contributed by atoms with Crippen molar-refractivity contribution in [1.29, 1.82) is 5.26 Å². The fourth-order valence-corrected chi connectivity index (χ4v) is 2.99. The Bertz CT molecular complexity index is 583. The standard InChI is InChI=1S/C20H31N3O4/c1-24-12-14-26-19-5-4-18(20(16-19)27-15-13-25-2)17-23-10-8-22(9-11-23)7-3-6-21/h4-5,16H,3,7-15,17H2,1-2H3. The monoisotopic (exact) mass is 377 g/mol. The summed E-state index contributed by atoms with van der Waals surface area (Å²) in [5, 5.41) is 8.73. The maximum Gasteiger partial charge on any atom is 0.127 e. The van der Waals surface area contributed by atoms with Crippen molar-refractivity contribution in [1.82, 2.24) is 9.80 Å². The third-order valence-electron chi connectivity index (χ3n) is 4.54. The predicted molar refractivity (Wildman–Crippen MR) is 103 cm³/mol. The molecule has 0 saturated carbocycles. The lowest BCUT2D eigenvalue weighted by molar-refractivity contribution is 0.125. The number of hydrogen-bond acceptors (Lipinski definition) is 7. The highest BCUT2D eigenvalue weighted by atomic mass is 16.5. The first-order valence-corrected chi connectivity index (χ1v) is 9.45. The van der Waals surface area contributed by atoms with Gasteiger partial charge in [0, 0.05) is 71.5 Å². The van der Waals surface area contributed by atoms with Gasteiger partial charge in [-0.05, 0) is 6.07 Å². The molecular weight excluding hydrogens is 346 g/mol. The highest BCUT2D eigenvalue weighted by molar-refractivity contribution is 5.41. The van der Waals surface area contributed by atoms with Gasteiger partial charge in [0.25, 0.3) is 0 Å². The van der Waals surface area contributed by atoms with Crippen LogP contribution in [-0.4, -0.2) is 83.2 Å². The van der Waals surface area contributed by atoms with Crippen molar-refractivity contribution in [3.05, 3.63) is 23.8 Å². The molecule has 2 rings (SSSR count). The molecule has 1 saturated heterocycles. The van der Waals surface area contributed by atoms with Crippen molar-refractivity contribution >= 4 is 0 Å². The second-order valence-corrected chi connectivity index (χ2v) is 6.48. The number of nitrogens with zero attached hydrogens (tertiary/aromatic N) is 3. The molecule has 7 heteroatoms. The lowest BCUT2D eigenvalue weighted by atomic mass is 10.1. The predicted octanol–water partition coefficient (Wildman–Crippen LogP) is 1.77. The maximum absolute atomic E-state index is 8.73. The lowest BCUT2D eigenvalue weighted by Gasteiger charge is -2.34. The molecule has 1 aromatic carbocycles. The second-order valence-electron chi connectivity index (χ2n) is 6.48. The smallest absolute Gasteiger partial charge is 0.127 e. The molecule has 0 unspecified atom stereocenters. The van der Waals surface area contributed by atoms with Crippen LogP contribution in [0.4, 0.5) is 0 Å². The van der Waals surface area contributed by atoms with Crippen LogP contribution < -0.4 is 9.47 Å². The Labute approximate surface area is 162 Å². The van der Waals surface area contributed by atoms with Gasteiger partial charge in [0.1, 0.15) is 24.7 Å². The number of ether oxygens (including phenoxy) is 4. The summed E-state index contributed by atoms with van der Waals surface area (Å²) < 4.78 is 21.8. The number of rotatable bonds is 12. The average Bonchev–Trinajstić information content (AvgIpc) is 2.69. The second kappa shape index (κ2) is 12.5. The summed E-state index contributed by atoms with van der Waals surface area (Å²) in [6, 6.07) is 8.23. The normalized spacial score (nSPS) is 15.4. The Balaban J connectivity index is 1.94. The van der Waals surface area contributed by atoms with Crippen LogP contribution in [0.15, 0.2) is 18.2 Å². The molecule has 0 atom stereocenters. The van der Waals surface area contributed by atoms with Gasteiger partial charge in [0.05, 0.1) is 19.3 Å². The Kier molecular flexibility index (Phi) is 9.95. The van der Waals surface area contributed by atoms with Crippen LogP contribution in [-0.2, 0) is 16.0 Å². The summed E-state index contributed by atoms with van der Waals surface area (Å²) in [5.41, 5.74) is 1.15. The van der Waals surface area contributed by atoms with Crippen molar-refractivity contribution in [2.75, 3.05) is 73.4 Å². The third-order valence-corrected chi connectivity index (χ3v) is 4.54. The number of benzene rings is 1. The number of nitriles is 1. The highest BCUT2D eigenvalue weighted by Gasteiger charge is 2.18. The van der Waals surface area contributed by atoms with Crippen molar-refractivity contribution in [2.45, 2.75) is 13.0 Å². The van der Waals surface area contributed by atoms with E-state index >= 15 is 0 Å². The Morgan fingerprint density at radius 3 is 2.26 bits per heavy atom. The van der Waals surface area contributed by atoms with Crippen molar-refractivity contribution in [3.8, 4) is 17.6 Å². The van der Waals surface area contributed by atoms with Gasteiger partial charge in [-0.15, -0.1) is 0 Å². The zero-order valence-electron chi connectivity index (χ0n) is 16.5. The number of piperazine rings is 1. The fourth-order valence-electron chi connectivity index (χ4n) is 2.99. The van der Waals surface area contributed by atoms with Gasteiger partial charge in [-0.25, -0.2) is 0 Å². The van der Waals surface area contributed by atoms with Crippen LogP contribution >= 0.6 is 0 Å². The Hall–Kier alpha value is -1.85. The van der Waals surface area contributed by atoms with Gasteiger partial charge in [-0.3, -0.25) is 9.80 Å². The molecule has 27 heavy (non-hydrogen) atoms. The topological polar surface area (TPSA) is 67.2 Å². The van der Waals surface area contributed by atoms with Gasteiger partial charge in [0.15, 0.2) is 0 Å². The molecular formula is C20H31N3O4. The van der Waals surface area contributed by atoms with E-state index in [4.69, 9.17) is 24.2 Å². The van der Waals surface area contributed by atoms with Gasteiger partial charge < -0.3 is 18.9 Å². The summed E-state index contributed by atoms with van der Waals surface area (Å²) in [6.07, 6.45) is 0.599. The van der Waals surface area contributed by atoms with Crippen LogP contribution in [0, 0.1) is 11.3 Å². The van der Waals surface area contributed by atoms with Crippen LogP contribution in [0.1, 0.15) is 12.0 Å². The molecule has 0 N–H and O–H groups in total. The zero-order chi connectivity index (χ0) is 19.3. The van der Waals surface area contributed by atoms with Gasteiger partial charge in [-0.1, -0.05) is 6.07 Å². The molecule has 1 heterocycles. The summed E-state index contributed by atoms with van der Waals surface area (Å²) in [4.78, 5) is 4.77. The molecule has 1 aliphatic heterocycles. The molecule has 150 valence electrons. The van der Waals surface area contributed by atoms with Crippen LogP contribution in [0.5, 0.6) is 11.5 Å². The first kappa shape index (κ1) is 21.5. The fraction of sp³-hybridized carbons (Fsp3) is 0.650. The molecule has 1 aliphatic rings. The largest absolute Gasteiger partial charge is 0.491 e. The van der Waals surface area contributed by atoms with E-state index in [2.05, 4.69) is 21.9 Å². The highest BCUT2D eigenvalue weighted by Crippen LogP contribution is 2.27. The summed E-state index contributed by atoms with van der Waals surface area (Å²) in [5.74, 6) is 1.62. The van der Waals surface area contributed by atoms with Crippen molar-refractivity contribution in [3.63, 3.8) is 0 Å². The van der Waals surface area contributed by atoms with E-state index in [1.807, 2.05) is 12.1 Å². The van der Waals surface area contributed by atoms with Crippen molar-refractivity contribution in [2.24, 2.45) is 0 Å². The van der Waals surface area contributed by atoms with Crippen molar-refractivity contribution < 1.29 is 18.9 Å². The Morgan fingerprint density at radius 1 is 0.926 bits per heavy atom. The summed E-state index contributed by atoms with van der Waals surface area (Å²) in [7, 11) is 3.33. The van der Waals surface area contributed by atoms with E-state index in [1.54, 1.807) is 14.2 Å². The van der Waals surface area contributed by atoms with E-state index < -0.39 is 0 Å². The average molecular weight is 377 g/mol. The van der Waals surface area contributed by atoms with E-state index in [9.17, 15) is 0 Å². The minimum absolute atomic E-state index is 0.507. The molecule has 7 nitrogen and oxygen atoms in total. The van der Waals surface area contributed by atoms with Gasteiger partial charge >= 0.3 is 0 Å². The zero-order valence-corrected chi connectivity index (χ0v) is 16.5. The quantitative estimate of drug-likeness (QED) is 0.514. The lowest BCUT2D eigenvalue weighted by Crippen LogP contribution is -2.46. The summed E-state index contributed by atoms with van der Waals surface area (Å²) >= 11 is 0. The van der Waals surface area contributed by atoms with Crippen LogP contribution in [0.3, 0.4) is 0 Å². The SMILES string of the molecule is COCCOc1ccc(CN2CCN(CCC#N)CC2)c(OCCOC)c1. The minimum atomic E-state index is 0.507. The molecule has 0 aromatic heterocycles. The van der Waals surface area contributed by atoms with Crippen LogP contribution in [0.2, 0.25) is 0 Å². The molecule has 0 bridgehead atoms. The molecule has 1 fully saturated rings. The first-order chi connectivity index (χ1) is 13.3. The molecule has 1 aromatic rings. The first-order valence-electron chi connectivity index (χ1n) is 9.45. The third kappa shape index (κ3) is 7.73. The van der Waals surface area contributed by atoms with E-state index in [0.717, 1.165) is 56.3 Å². The van der Waals surface area contributed by atoms with E-state index in [1.165, 1.54) is 0 Å². The number of hydrogen-bond donors (Lipinski definition) is 0. The maximum atomic E-state index is 8.73. The van der Waals surface area contributed by atoms with E-state index in [0.29, 0.717) is 32.8 Å². The molecule has 0 aliphatic carbocycles. The van der Waals surface area contributed by atoms with Gasteiger partial charge in [0.2, 0.25) is 0 Å². The Morgan fingerprint density at radius 2 is 1.59 bits per heavy atom. The van der Waals surface area contributed by atoms with Gasteiger partial charge in [-0.2, -0.15) is 5.26 Å².